The van der Waals surface area contributed by atoms with Gasteiger partial charge in [0.2, 0.25) is 0 Å². The molecule has 7 nitrogen and oxygen atoms in total. The van der Waals surface area contributed by atoms with Crippen LogP contribution in [-0.4, -0.2) is 28.2 Å². The Balaban J connectivity index is 1.37. The summed E-state index contributed by atoms with van der Waals surface area (Å²) < 4.78 is 9.88. The highest BCUT2D eigenvalue weighted by atomic mass is 35.5. The number of imidazole rings is 1. The molecule has 5 rings (SSSR count). The molecule has 2 heterocycles. The number of halogens is 1. The summed E-state index contributed by atoms with van der Waals surface area (Å²) in [6, 6.07) is 13.3. The van der Waals surface area contributed by atoms with Crippen molar-refractivity contribution in [3.8, 4) is 22.5 Å². The Hall–Kier alpha value is -4.36. The zero-order valence-corrected chi connectivity index (χ0v) is 23.2. The molecule has 1 saturated carbocycles. The summed E-state index contributed by atoms with van der Waals surface area (Å²) in [5.74, 6) is 1.63. The highest BCUT2D eigenvalue weighted by molar-refractivity contribution is 6.31. The van der Waals surface area contributed by atoms with Crippen molar-refractivity contribution in [2.75, 3.05) is 12.4 Å². The van der Waals surface area contributed by atoms with E-state index in [-0.39, 0.29) is 5.92 Å². The standard InChI is InChI=1S/C32H31ClN4O3/c1-4-22(28-16-24(33)11-14-26(28)30-18-40-19-35-30)8-5-20(2)27(15-21-6-7-21)31-34-17-29(37-31)23-9-12-25(13-10-23)36-32(38)39-3/h4-5,8-14,16-19,21,27H,2,6-7,15H2,1,3H3,(H,34,37)(H,36,38)/b8-5-,22-4+. The van der Waals surface area contributed by atoms with Crippen LogP contribution in [0.5, 0.6) is 0 Å². The molecule has 1 amide bonds. The molecule has 204 valence electrons. The number of H-pyrrole nitrogens is 1. The van der Waals surface area contributed by atoms with Gasteiger partial charge in [0.25, 0.3) is 0 Å². The maximum Gasteiger partial charge on any atom is 0.411 e. The summed E-state index contributed by atoms with van der Waals surface area (Å²) in [6.07, 6.45) is 14.1. The molecule has 1 fully saturated rings. The number of aromatic amines is 1. The van der Waals surface area contributed by atoms with Gasteiger partial charge in [0, 0.05) is 22.2 Å². The van der Waals surface area contributed by atoms with Gasteiger partial charge >= 0.3 is 6.09 Å². The molecule has 4 aromatic rings. The van der Waals surface area contributed by atoms with E-state index >= 15 is 0 Å². The van der Waals surface area contributed by atoms with Crippen molar-refractivity contribution in [1.82, 2.24) is 15.0 Å². The maximum atomic E-state index is 11.5. The quantitative estimate of drug-likeness (QED) is 0.191. The Morgan fingerprint density at radius 3 is 2.70 bits per heavy atom. The van der Waals surface area contributed by atoms with E-state index in [1.165, 1.54) is 26.3 Å². The number of carbonyl (C=O) groups is 1. The van der Waals surface area contributed by atoms with Gasteiger partial charge in [-0.1, -0.05) is 67.4 Å². The number of aromatic nitrogens is 3. The van der Waals surface area contributed by atoms with Crippen LogP contribution in [0, 0.1) is 5.92 Å². The molecule has 0 spiro atoms. The van der Waals surface area contributed by atoms with Gasteiger partial charge in [0.15, 0.2) is 6.39 Å². The van der Waals surface area contributed by atoms with Crippen LogP contribution in [0.25, 0.3) is 28.1 Å². The lowest BCUT2D eigenvalue weighted by Crippen LogP contribution is -2.10. The number of amides is 1. The molecule has 1 unspecified atom stereocenters. The van der Waals surface area contributed by atoms with E-state index in [1.807, 2.05) is 55.6 Å². The average Bonchev–Trinajstić information content (AvgIpc) is 3.39. The number of oxazole rings is 1. The predicted octanol–water partition coefficient (Wildman–Crippen LogP) is 8.66. The zero-order chi connectivity index (χ0) is 28.1. The maximum absolute atomic E-state index is 11.5. The van der Waals surface area contributed by atoms with E-state index in [9.17, 15) is 4.79 Å². The number of benzene rings is 2. The molecule has 1 aliphatic carbocycles. The first-order valence-electron chi connectivity index (χ1n) is 13.2. The van der Waals surface area contributed by atoms with Crippen molar-refractivity contribution in [2.45, 2.75) is 32.1 Å². The second-order valence-electron chi connectivity index (χ2n) is 9.82. The number of nitrogens with zero attached hydrogens (tertiary/aromatic N) is 2. The number of ether oxygens (including phenoxy) is 1. The fourth-order valence-corrected chi connectivity index (χ4v) is 4.84. The minimum Gasteiger partial charge on any atom is -0.453 e. The lowest BCUT2D eigenvalue weighted by molar-refractivity contribution is 0.187. The highest BCUT2D eigenvalue weighted by Gasteiger charge is 2.29. The van der Waals surface area contributed by atoms with E-state index in [2.05, 4.69) is 44.8 Å². The molecular weight excluding hydrogens is 524 g/mol. The Labute approximate surface area is 238 Å². The lowest BCUT2D eigenvalue weighted by Gasteiger charge is -2.16. The Kier molecular flexibility index (Phi) is 8.31. The highest BCUT2D eigenvalue weighted by Crippen LogP contribution is 2.41. The largest absolute Gasteiger partial charge is 0.453 e. The molecule has 0 bridgehead atoms. The lowest BCUT2D eigenvalue weighted by atomic mass is 9.91. The van der Waals surface area contributed by atoms with Gasteiger partial charge in [-0.3, -0.25) is 5.32 Å². The third-order valence-electron chi connectivity index (χ3n) is 7.06. The molecule has 40 heavy (non-hydrogen) atoms. The fourth-order valence-electron chi connectivity index (χ4n) is 4.67. The second kappa shape index (κ2) is 12.2. The van der Waals surface area contributed by atoms with Crippen LogP contribution in [0.3, 0.4) is 0 Å². The second-order valence-corrected chi connectivity index (χ2v) is 10.3. The van der Waals surface area contributed by atoms with Crippen molar-refractivity contribution in [2.24, 2.45) is 5.92 Å². The van der Waals surface area contributed by atoms with Crippen LogP contribution in [0.1, 0.15) is 43.5 Å². The molecular formula is C32H31ClN4O3. The number of nitrogens with one attached hydrogen (secondary N) is 2. The fraction of sp³-hybridized carbons (Fsp3) is 0.219. The van der Waals surface area contributed by atoms with Gasteiger partial charge in [-0.05, 0) is 65.8 Å². The van der Waals surface area contributed by atoms with Crippen LogP contribution < -0.4 is 5.32 Å². The third kappa shape index (κ3) is 6.43. The van der Waals surface area contributed by atoms with Crippen LogP contribution >= 0.6 is 11.6 Å². The van der Waals surface area contributed by atoms with Crippen LogP contribution in [0.4, 0.5) is 10.5 Å². The SMILES string of the molecule is C=C(/C=C\C(=C/C)c1cc(Cl)ccc1-c1cocn1)C(CC1CC1)c1ncc(-c2ccc(NC(=O)OC)cc2)[nH]1. The molecule has 2 aromatic carbocycles. The zero-order valence-electron chi connectivity index (χ0n) is 22.5. The summed E-state index contributed by atoms with van der Waals surface area (Å²) in [6.45, 7) is 6.45. The van der Waals surface area contributed by atoms with Gasteiger partial charge in [0.1, 0.15) is 17.8 Å². The predicted molar refractivity (Wildman–Crippen MR) is 159 cm³/mol. The van der Waals surface area contributed by atoms with E-state index < -0.39 is 6.09 Å². The summed E-state index contributed by atoms with van der Waals surface area (Å²) in [4.78, 5) is 24.1. The summed E-state index contributed by atoms with van der Waals surface area (Å²) in [7, 11) is 1.34. The summed E-state index contributed by atoms with van der Waals surface area (Å²) in [5, 5.41) is 3.32. The minimum absolute atomic E-state index is 0.0604. The first-order chi connectivity index (χ1) is 19.4. The number of methoxy groups -OCH3 is 1. The first kappa shape index (κ1) is 27.2. The number of hydrogen-bond acceptors (Lipinski definition) is 5. The number of hydrogen-bond donors (Lipinski definition) is 2. The minimum atomic E-state index is -0.503. The Morgan fingerprint density at radius 1 is 1.23 bits per heavy atom. The van der Waals surface area contributed by atoms with E-state index in [0.717, 1.165) is 51.5 Å². The van der Waals surface area contributed by atoms with E-state index in [0.29, 0.717) is 16.6 Å². The third-order valence-corrected chi connectivity index (χ3v) is 7.29. The van der Waals surface area contributed by atoms with Crippen molar-refractivity contribution in [3.63, 3.8) is 0 Å². The molecule has 0 aliphatic heterocycles. The number of carbonyl (C=O) groups excluding carboxylic acids is 1. The van der Waals surface area contributed by atoms with E-state index in [1.54, 1.807) is 6.26 Å². The molecule has 0 radical (unpaired) electrons. The Morgan fingerprint density at radius 2 is 2.02 bits per heavy atom. The van der Waals surface area contributed by atoms with Gasteiger partial charge in [-0.2, -0.15) is 0 Å². The van der Waals surface area contributed by atoms with Gasteiger partial charge < -0.3 is 14.1 Å². The number of rotatable bonds is 10. The van der Waals surface area contributed by atoms with Crippen molar-refractivity contribution >= 4 is 29.0 Å². The van der Waals surface area contributed by atoms with Gasteiger partial charge in [0.05, 0.1) is 19.0 Å². The number of allylic oxidation sites excluding steroid dienone is 5. The van der Waals surface area contributed by atoms with Crippen LogP contribution in [-0.2, 0) is 4.74 Å². The molecule has 2 N–H and O–H groups in total. The van der Waals surface area contributed by atoms with Gasteiger partial charge in [-0.15, -0.1) is 0 Å². The normalized spacial score (nSPS) is 14.3. The van der Waals surface area contributed by atoms with Crippen LogP contribution in [0.15, 0.2) is 96.1 Å². The smallest absolute Gasteiger partial charge is 0.411 e. The number of anilines is 1. The monoisotopic (exact) mass is 554 g/mol. The summed E-state index contributed by atoms with van der Waals surface area (Å²) >= 11 is 6.38. The molecule has 1 atom stereocenters. The van der Waals surface area contributed by atoms with E-state index in [4.69, 9.17) is 21.0 Å². The molecule has 2 aromatic heterocycles. The molecule has 1 aliphatic rings. The van der Waals surface area contributed by atoms with Crippen molar-refractivity contribution in [3.05, 3.63) is 108 Å². The molecule has 8 heteroatoms. The van der Waals surface area contributed by atoms with Crippen molar-refractivity contribution in [1.29, 1.82) is 0 Å². The molecule has 0 saturated heterocycles. The van der Waals surface area contributed by atoms with Crippen molar-refractivity contribution < 1.29 is 13.9 Å². The summed E-state index contributed by atoms with van der Waals surface area (Å²) in [5.41, 5.74) is 7.19. The average molecular weight is 555 g/mol. The van der Waals surface area contributed by atoms with Crippen LogP contribution in [0.2, 0.25) is 5.02 Å². The first-order valence-corrected chi connectivity index (χ1v) is 13.5. The topological polar surface area (TPSA) is 93.0 Å². The Bertz CT molecular complexity index is 1550. The van der Waals surface area contributed by atoms with Gasteiger partial charge in [-0.25, -0.2) is 14.8 Å².